The highest BCUT2D eigenvalue weighted by Crippen LogP contribution is 2.39. The van der Waals surface area contributed by atoms with Crippen LogP contribution in [0, 0.1) is 13.8 Å². The number of nitrogens with zero attached hydrogens (tertiary/aromatic N) is 2. The highest BCUT2D eigenvalue weighted by Gasteiger charge is 2.14. The number of halogens is 2. The molecule has 0 fully saturated rings. The summed E-state index contributed by atoms with van der Waals surface area (Å²) in [5, 5.41) is 10.4. The van der Waals surface area contributed by atoms with E-state index in [0.717, 1.165) is 21.2 Å². The van der Waals surface area contributed by atoms with E-state index in [2.05, 4.69) is 73.9 Å². The summed E-state index contributed by atoms with van der Waals surface area (Å²) in [7, 11) is 1.50. The van der Waals surface area contributed by atoms with E-state index in [-0.39, 0.29) is 5.75 Å². The highest BCUT2D eigenvalue weighted by molar-refractivity contribution is 9.13. The van der Waals surface area contributed by atoms with Gasteiger partial charge in [0.15, 0.2) is 17.1 Å². The predicted octanol–water partition coefficient (Wildman–Crippen LogP) is 7.10. The first-order valence-corrected chi connectivity index (χ1v) is 10.7. The minimum absolute atomic E-state index is 0.0101. The Morgan fingerprint density at radius 2 is 1.80 bits per heavy atom. The standard InChI is InChI=1S/C23H18Br2N2O3/c1-12-6-13(2)8-14(7-12)23-27-18-9-15(4-5-19(18)30-23)26-11-16-21(25)17(24)10-20(29-3)22(16)28/h4-11,28H,1-3H3. The Morgan fingerprint density at radius 1 is 1.07 bits per heavy atom. The molecular weight excluding hydrogens is 512 g/mol. The fourth-order valence-corrected chi connectivity index (χ4v) is 4.07. The van der Waals surface area contributed by atoms with E-state index in [1.807, 2.05) is 18.2 Å². The molecule has 7 heteroatoms. The van der Waals surface area contributed by atoms with Crippen LogP contribution < -0.4 is 4.74 Å². The summed E-state index contributed by atoms with van der Waals surface area (Å²) < 4.78 is 12.6. The number of aromatic nitrogens is 1. The molecule has 0 aliphatic rings. The molecular formula is C23H18Br2N2O3. The van der Waals surface area contributed by atoms with E-state index in [1.165, 1.54) is 7.11 Å². The molecule has 0 bridgehead atoms. The van der Waals surface area contributed by atoms with Gasteiger partial charge in [0.25, 0.3) is 0 Å². The third kappa shape index (κ3) is 4.00. The third-order valence-corrected chi connectivity index (χ3v) is 6.61. The SMILES string of the molecule is COc1cc(Br)c(Br)c(C=Nc2ccc3oc(-c4cc(C)cc(C)c4)nc3c2)c1O. The monoisotopic (exact) mass is 528 g/mol. The lowest BCUT2D eigenvalue weighted by Crippen LogP contribution is -1.91. The Labute approximate surface area is 190 Å². The van der Waals surface area contributed by atoms with Gasteiger partial charge in [-0.25, -0.2) is 4.98 Å². The van der Waals surface area contributed by atoms with Crippen LogP contribution in [-0.4, -0.2) is 23.4 Å². The van der Waals surface area contributed by atoms with Gasteiger partial charge in [0, 0.05) is 20.7 Å². The number of ether oxygens (including phenoxy) is 1. The number of aromatic hydroxyl groups is 1. The van der Waals surface area contributed by atoms with Gasteiger partial charge in [-0.1, -0.05) is 17.2 Å². The predicted molar refractivity (Wildman–Crippen MR) is 126 cm³/mol. The van der Waals surface area contributed by atoms with Crippen LogP contribution in [-0.2, 0) is 0 Å². The molecule has 152 valence electrons. The van der Waals surface area contributed by atoms with Crippen LogP contribution >= 0.6 is 31.9 Å². The normalized spacial score (nSPS) is 11.5. The second-order valence-corrected chi connectivity index (χ2v) is 8.59. The second-order valence-electron chi connectivity index (χ2n) is 6.94. The average molecular weight is 530 g/mol. The Bertz CT molecular complexity index is 1280. The van der Waals surface area contributed by atoms with Gasteiger partial charge in [0.2, 0.25) is 5.89 Å². The summed E-state index contributed by atoms with van der Waals surface area (Å²) in [5.74, 6) is 0.947. The number of aryl methyl sites for hydroxylation is 2. The summed E-state index contributed by atoms with van der Waals surface area (Å²) in [6.45, 7) is 4.10. The molecule has 0 amide bonds. The second kappa shape index (κ2) is 8.24. The largest absolute Gasteiger partial charge is 0.504 e. The Morgan fingerprint density at radius 3 is 2.50 bits per heavy atom. The van der Waals surface area contributed by atoms with E-state index < -0.39 is 0 Å². The van der Waals surface area contributed by atoms with Gasteiger partial charge in [-0.05, 0) is 82.1 Å². The van der Waals surface area contributed by atoms with Crippen molar-refractivity contribution < 1.29 is 14.3 Å². The van der Waals surface area contributed by atoms with Crippen molar-refractivity contribution in [3.05, 3.63) is 68.1 Å². The van der Waals surface area contributed by atoms with Crippen molar-refractivity contribution in [1.29, 1.82) is 0 Å². The first-order chi connectivity index (χ1) is 14.4. The Balaban J connectivity index is 1.71. The number of hydrogen-bond acceptors (Lipinski definition) is 5. The minimum atomic E-state index is 0.0101. The molecule has 4 aromatic rings. The summed E-state index contributed by atoms with van der Waals surface area (Å²) in [6, 6.07) is 13.4. The van der Waals surface area contributed by atoms with Gasteiger partial charge >= 0.3 is 0 Å². The molecule has 0 atom stereocenters. The third-order valence-electron chi connectivity index (χ3n) is 4.59. The molecule has 5 nitrogen and oxygen atoms in total. The number of rotatable bonds is 4. The summed E-state index contributed by atoms with van der Waals surface area (Å²) in [5.41, 5.74) is 5.87. The summed E-state index contributed by atoms with van der Waals surface area (Å²) in [6.07, 6.45) is 1.58. The van der Waals surface area contributed by atoms with Gasteiger partial charge in [-0.3, -0.25) is 4.99 Å². The summed E-state index contributed by atoms with van der Waals surface area (Å²) in [4.78, 5) is 9.13. The van der Waals surface area contributed by atoms with Crippen molar-refractivity contribution in [2.24, 2.45) is 4.99 Å². The zero-order chi connectivity index (χ0) is 21.4. The first-order valence-electron chi connectivity index (χ1n) is 9.14. The Hall–Kier alpha value is -2.64. The van der Waals surface area contributed by atoms with Gasteiger partial charge < -0.3 is 14.3 Å². The van der Waals surface area contributed by atoms with Crippen molar-refractivity contribution in [2.45, 2.75) is 13.8 Å². The van der Waals surface area contributed by atoms with Crippen molar-refractivity contribution in [1.82, 2.24) is 4.98 Å². The van der Waals surface area contributed by atoms with Gasteiger partial charge in [-0.2, -0.15) is 0 Å². The lowest BCUT2D eigenvalue weighted by Gasteiger charge is -2.09. The van der Waals surface area contributed by atoms with Crippen LogP contribution in [0.15, 0.2) is 60.8 Å². The molecule has 1 aromatic heterocycles. The molecule has 0 spiro atoms. The zero-order valence-corrected chi connectivity index (χ0v) is 19.7. The number of oxazole rings is 1. The van der Waals surface area contributed by atoms with Crippen LogP contribution in [0.2, 0.25) is 0 Å². The zero-order valence-electron chi connectivity index (χ0n) is 16.5. The van der Waals surface area contributed by atoms with Crippen LogP contribution in [0.1, 0.15) is 16.7 Å². The maximum atomic E-state index is 10.4. The van der Waals surface area contributed by atoms with Crippen molar-refractivity contribution in [3.63, 3.8) is 0 Å². The van der Waals surface area contributed by atoms with Crippen molar-refractivity contribution >= 4 is 54.9 Å². The average Bonchev–Trinajstić information content (AvgIpc) is 3.13. The molecule has 0 aliphatic heterocycles. The van der Waals surface area contributed by atoms with Crippen LogP contribution in [0.25, 0.3) is 22.6 Å². The summed E-state index contributed by atoms with van der Waals surface area (Å²) >= 11 is 6.91. The molecule has 30 heavy (non-hydrogen) atoms. The molecule has 0 saturated heterocycles. The molecule has 0 saturated carbocycles. The van der Waals surface area contributed by atoms with E-state index in [9.17, 15) is 5.11 Å². The minimum Gasteiger partial charge on any atom is -0.504 e. The van der Waals surface area contributed by atoms with E-state index in [4.69, 9.17) is 9.15 Å². The lowest BCUT2D eigenvalue weighted by molar-refractivity contribution is 0.372. The number of aliphatic imine (C=N–C) groups is 1. The molecule has 3 aromatic carbocycles. The molecule has 1 N–H and O–H groups in total. The van der Waals surface area contributed by atoms with Gasteiger partial charge in [0.05, 0.1) is 18.4 Å². The maximum absolute atomic E-state index is 10.4. The van der Waals surface area contributed by atoms with E-state index in [0.29, 0.717) is 38.5 Å². The topological polar surface area (TPSA) is 67.9 Å². The van der Waals surface area contributed by atoms with Crippen molar-refractivity contribution in [3.8, 4) is 23.0 Å². The highest BCUT2D eigenvalue weighted by atomic mass is 79.9. The number of hydrogen-bond donors (Lipinski definition) is 1. The van der Waals surface area contributed by atoms with E-state index in [1.54, 1.807) is 12.3 Å². The lowest BCUT2D eigenvalue weighted by atomic mass is 10.1. The van der Waals surface area contributed by atoms with Crippen LogP contribution in [0.4, 0.5) is 5.69 Å². The number of benzene rings is 3. The maximum Gasteiger partial charge on any atom is 0.227 e. The molecule has 0 radical (unpaired) electrons. The molecule has 0 aliphatic carbocycles. The van der Waals surface area contributed by atoms with Crippen LogP contribution in [0.3, 0.4) is 0 Å². The van der Waals surface area contributed by atoms with Gasteiger partial charge in [-0.15, -0.1) is 0 Å². The molecule has 0 unspecified atom stereocenters. The molecule has 1 heterocycles. The smallest absolute Gasteiger partial charge is 0.227 e. The first kappa shape index (κ1) is 20.6. The van der Waals surface area contributed by atoms with Crippen LogP contribution in [0.5, 0.6) is 11.5 Å². The fourth-order valence-electron chi connectivity index (χ4n) is 3.24. The quantitative estimate of drug-likeness (QED) is 0.286. The number of fused-ring (bicyclic) bond motifs is 1. The van der Waals surface area contributed by atoms with Crippen molar-refractivity contribution in [2.75, 3.05) is 7.11 Å². The fraction of sp³-hybridized carbons (Fsp3) is 0.130. The van der Waals surface area contributed by atoms with E-state index >= 15 is 0 Å². The Kier molecular flexibility index (Phi) is 5.66. The number of methoxy groups -OCH3 is 1. The van der Waals surface area contributed by atoms with Gasteiger partial charge in [0.1, 0.15) is 5.52 Å². The molecule has 4 rings (SSSR count). The number of phenolic OH excluding ortho intramolecular Hbond substituents is 1. The number of phenols is 1.